The first-order valence-corrected chi connectivity index (χ1v) is 6.57. The summed E-state index contributed by atoms with van der Waals surface area (Å²) >= 11 is 0. The predicted octanol–water partition coefficient (Wildman–Crippen LogP) is 1.74. The molecule has 8 heteroatoms. The molecule has 2 N–H and O–H groups in total. The average molecular weight is 285 g/mol. The Labute approximate surface area is 102 Å². The van der Waals surface area contributed by atoms with Crippen molar-refractivity contribution in [2.75, 3.05) is 12.3 Å². The highest BCUT2D eigenvalue weighted by atomic mass is 32.2. The molecule has 3 nitrogen and oxygen atoms in total. The Kier molecular flexibility index (Phi) is 4.33. The lowest BCUT2D eigenvalue weighted by atomic mass is 10.2. The Morgan fingerprint density at radius 1 is 1.17 bits per heavy atom. The standard InChI is InChI=1S/C10H11F4NO2S/c11-8-1-3-9(4-2-8)18(16,17)6-7(5-15)10(12,13)14/h1-4,7H,5-6,15H2. The molecule has 0 saturated carbocycles. The second-order valence-corrected chi connectivity index (χ2v) is 5.74. The molecule has 0 amide bonds. The fourth-order valence-electron chi connectivity index (χ4n) is 1.30. The van der Waals surface area contributed by atoms with Crippen LogP contribution in [0, 0.1) is 11.7 Å². The Hall–Kier alpha value is -1.15. The van der Waals surface area contributed by atoms with E-state index in [0.29, 0.717) is 0 Å². The van der Waals surface area contributed by atoms with Gasteiger partial charge in [-0.3, -0.25) is 0 Å². The monoisotopic (exact) mass is 285 g/mol. The van der Waals surface area contributed by atoms with Gasteiger partial charge in [-0.2, -0.15) is 13.2 Å². The summed E-state index contributed by atoms with van der Waals surface area (Å²) in [7, 11) is -4.14. The SMILES string of the molecule is NCC(CS(=O)(=O)c1ccc(F)cc1)C(F)(F)F. The van der Waals surface area contributed by atoms with Crippen molar-refractivity contribution in [3.05, 3.63) is 30.1 Å². The molecule has 1 aromatic carbocycles. The summed E-state index contributed by atoms with van der Waals surface area (Å²) in [5.74, 6) is -3.94. The number of nitrogens with two attached hydrogens (primary N) is 1. The van der Waals surface area contributed by atoms with Gasteiger partial charge in [0.05, 0.1) is 16.6 Å². The van der Waals surface area contributed by atoms with Crippen LogP contribution in [0.2, 0.25) is 0 Å². The second-order valence-electron chi connectivity index (χ2n) is 3.71. The summed E-state index contributed by atoms with van der Waals surface area (Å²) in [6.07, 6.45) is -4.68. The Balaban J connectivity index is 2.98. The Morgan fingerprint density at radius 3 is 2.06 bits per heavy atom. The minimum absolute atomic E-state index is 0.355. The molecule has 0 radical (unpaired) electrons. The van der Waals surface area contributed by atoms with Gasteiger partial charge >= 0.3 is 6.18 Å². The van der Waals surface area contributed by atoms with Crippen molar-refractivity contribution in [2.45, 2.75) is 11.1 Å². The molecule has 0 spiro atoms. The lowest BCUT2D eigenvalue weighted by Gasteiger charge is -2.18. The van der Waals surface area contributed by atoms with E-state index < -0.39 is 40.0 Å². The number of rotatable bonds is 4. The van der Waals surface area contributed by atoms with Crippen LogP contribution >= 0.6 is 0 Å². The zero-order valence-corrected chi connectivity index (χ0v) is 9.93. The van der Waals surface area contributed by atoms with Gasteiger partial charge < -0.3 is 5.73 Å². The van der Waals surface area contributed by atoms with E-state index in [-0.39, 0.29) is 4.90 Å². The molecular weight excluding hydrogens is 274 g/mol. The maximum atomic E-state index is 12.6. The molecule has 1 aromatic rings. The van der Waals surface area contributed by atoms with Crippen molar-refractivity contribution in [1.29, 1.82) is 0 Å². The predicted molar refractivity (Wildman–Crippen MR) is 57.1 cm³/mol. The maximum absolute atomic E-state index is 12.6. The summed E-state index contributed by atoms with van der Waals surface area (Å²) in [4.78, 5) is -0.355. The topological polar surface area (TPSA) is 60.2 Å². The van der Waals surface area contributed by atoms with Crippen molar-refractivity contribution in [1.82, 2.24) is 0 Å². The van der Waals surface area contributed by atoms with Crippen LogP contribution in [-0.2, 0) is 9.84 Å². The smallest absolute Gasteiger partial charge is 0.330 e. The summed E-state index contributed by atoms with van der Waals surface area (Å²) in [6, 6.07) is 3.60. The normalized spacial score (nSPS) is 14.5. The van der Waals surface area contributed by atoms with Gasteiger partial charge in [-0.15, -0.1) is 0 Å². The third-order valence-corrected chi connectivity index (χ3v) is 4.17. The van der Waals surface area contributed by atoms with E-state index in [4.69, 9.17) is 5.73 Å². The van der Waals surface area contributed by atoms with E-state index in [0.717, 1.165) is 24.3 Å². The van der Waals surface area contributed by atoms with Gasteiger partial charge in [0.25, 0.3) is 0 Å². The molecule has 1 unspecified atom stereocenters. The zero-order valence-electron chi connectivity index (χ0n) is 9.11. The highest BCUT2D eigenvalue weighted by molar-refractivity contribution is 7.91. The van der Waals surface area contributed by atoms with Gasteiger partial charge in [-0.1, -0.05) is 0 Å². The molecule has 0 heterocycles. The minimum atomic E-state index is -4.68. The van der Waals surface area contributed by atoms with Crippen molar-refractivity contribution in [2.24, 2.45) is 11.7 Å². The molecule has 0 saturated heterocycles. The van der Waals surface area contributed by atoms with Gasteiger partial charge in [0.2, 0.25) is 0 Å². The van der Waals surface area contributed by atoms with Crippen LogP contribution in [0.3, 0.4) is 0 Å². The molecule has 0 aliphatic carbocycles. The summed E-state index contributed by atoms with van der Waals surface area (Å²) < 4.78 is 73.2. The molecule has 0 bridgehead atoms. The highest BCUT2D eigenvalue weighted by Crippen LogP contribution is 2.28. The fourth-order valence-corrected chi connectivity index (χ4v) is 2.90. The van der Waals surface area contributed by atoms with Gasteiger partial charge in [0.1, 0.15) is 5.82 Å². The zero-order chi connectivity index (χ0) is 14.0. The number of sulfone groups is 1. The molecule has 0 aliphatic rings. The average Bonchev–Trinajstić information content (AvgIpc) is 2.25. The first kappa shape index (κ1) is 14.9. The van der Waals surface area contributed by atoms with Crippen LogP contribution in [-0.4, -0.2) is 26.9 Å². The van der Waals surface area contributed by atoms with Crippen LogP contribution < -0.4 is 5.73 Å². The largest absolute Gasteiger partial charge is 0.394 e. The van der Waals surface area contributed by atoms with Crippen molar-refractivity contribution < 1.29 is 26.0 Å². The molecule has 1 atom stereocenters. The van der Waals surface area contributed by atoms with Gasteiger partial charge in [0.15, 0.2) is 9.84 Å². The summed E-state index contributed by atoms with van der Waals surface area (Å²) in [5, 5.41) is 0. The molecule has 102 valence electrons. The van der Waals surface area contributed by atoms with E-state index in [2.05, 4.69) is 0 Å². The molecular formula is C10H11F4NO2S. The lowest BCUT2D eigenvalue weighted by molar-refractivity contribution is -0.165. The van der Waals surface area contributed by atoms with E-state index in [9.17, 15) is 26.0 Å². The first-order chi connectivity index (χ1) is 8.16. The highest BCUT2D eigenvalue weighted by Gasteiger charge is 2.41. The number of alkyl halides is 3. The molecule has 1 rings (SSSR count). The number of benzene rings is 1. The Morgan fingerprint density at radius 2 is 1.67 bits per heavy atom. The third kappa shape index (κ3) is 3.67. The van der Waals surface area contributed by atoms with Crippen LogP contribution in [0.5, 0.6) is 0 Å². The van der Waals surface area contributed by atoms with Crippen molar-refractivity contribution >= 4 is 9.84 Å². The molecule has 0 fully saturated rings. The van der Waals surface area contributed by atoms with E-state index in [1.165, 1.54) is 0 Å². The minimum Gasteiger partial charge on any atom is -0.330 e. The molecule has 18 heavy (non-hydrogen) atoms. The van der Waals surface area contributed by atoms with E-state index >= 15 is 0 Å². The quantitative estimate of drug-likeness (QED) is 0.677. The summed E-state index contributed by atoms with van der Waals surface area (Å²) in [5.41, 5.74) is 4.92. The maximum Gasteiger partial charge on any atom is 0.394 e. The summed E-state index contributed by atoms with van der Waals surface area (Å²) in [6.45, 7) is -0.816. The number of hydrogen-bond acceptors (Lipinski definition) is 3. The van der Waals surface area contributed by atoms with Crippen LogP contribution in [0.25, 0.3) is 0 Å². The molecule has 0 aromatic heterocycles. The number of hydrogen-bond donors (Lipinski definition) is 1. The first-order valence-electron chi connectivity index (χ1n) is 4.92. The Bertz CT molecular complexity index is 496. The number of halogens is 4. The van der Waals surface area contributed by atoms with Gasteiger partial charge in [-0.25, -0.2) is 12.8 Å². The van der Waals surface area contributed by atoms with Crippen molar-refractivity contribution in [3.8, 4) is 0 Å². The van der Waals surface area contributed by atoms with E-state index in [1.54, 1.807) is 0 Å². The van der Waals surface area contributed by atoms with E-state index in [1.807, 2.05) is 0 Å². The van der Waals surface area contributed by atoms with Crippen LogP contribution in [0.1, 0.15) is 0 Å². The lowest BCUT2D eigenvalue weighted by Crippen LogP contribution is -2.36. The van der Waals surface area contributed by atoms with Crippen molar-refractivity contribution in [3.63, 3.8) is 0 Å². The van der Waals surface area contributed by atoms with Gasteiger partial charge in [0, 0.05) is 6.54 Å². The molecule has 0 aliphatic heterocycles. The fraction of sp³-hybridized carbons (Fsp3) is 0.400. The van der Waals surface area contributed by atoms with Crippen LogP contribution in [0.4, 0.5) is 17.6 Å². The van der Waals surface area contributed by atoms with Gasteiger partial charge in [-0.05, 0) is 24.3 Å². The van der Waals surface area contributed by atoms with Crippen LogP contribution in [0.15, 0.2) is 29.2 Å². The second kappa shape index (κ2) is 5.23. The third-order valence-electron chi connectivity index (χ3n) is 2.34.